The summed E-state index contributed by atoms with van der Waals surface area (Å²) in [5.74, 6) is -2.80. The Labute approximate surface area is 138 Å². The second kappa shape index (κ2) is 7.20. The van der Waals surface area contributed by atoms with Gasteiger partial charge in [-0.25, -0.2) is 4.79 Å². The highest BCUT2D eigenvalue weighted by Crippen LogP contribution is 2.37. The summed E-state index contributed by atoms with van der Waals surface area (Å²) < 4.78 is 15.0. The lowest BCUT2D eigenvalue weighted by molar-refractivity contribution is -0.151. The van der Waals surface area contributed by atoms with Gasteiger partial charge in [-0.3, -0.25) is 9.59 Å². The Hall–Kier alpha value is -2.77. The van der Waals surface area contributed by atoms with Crippen LogP contribution >= 0.6 is 0 Å². The van der Waals surface area contributed by atoms with E-state index in [0.717, 1.165) is 0 Å². The summed E-state index contributed by atoms with van der Waals surface area (Å²) in [5.41, 5.74) is 0.273. The highest BCUT2D eigenvalue weighted by atomic mass is 16.5. The summed E-state index contributed by atoms with van der Waals surface area (Å²) in [7, 11) is 4.06. The Morgan fingerprint density at radius 3 is 2.08 bits per heavy atom. The number of rotatable bonds is 6. The first-order chi connectivity index (χ1) is 11.4. The number of nitrogens with one attached hydrogen (secondary N) is 1. The van der Waals surface area contributed by atoms with Crippen LogP contribution in [0.1, 0.15) is 23.2 Å². The summed E-state index contributed by atoms with van der Waals surface area (Å²) >= 11 is 0. The van der Waals surface area contributed by atoms with Gasteiger partial charge < -0.3 is 24.6 Å². The smallest absolute Gasteiger partial charge is 0.340 e. The minimum absolute atomic E-state index is 0.0923. The Morgan fingerprint density at radius 2 is 1.62 bits per heavy atom. The molecule has 1 amide bonds. The summed E-state index contributed by atoms with van der Waals surface area (Å²) in [4.78, 5) is 35.3. The zero-order valence-corrected chi connectivity index (χ0v) is 13.6. The molecule has 0 bridgehead atoms. The Bertz CT molecular complexity index is 671. The van der Waals surface area contributed by atoms with E-state index in [1.807, 2.05) is 0 Å². The fourth-order valence-corrected chi connectivity index (χ4v) is 2.60. The van der Waals surface area contributed by atoms with Gasteiger partial charge >= 0.3 is 11.9 Å². The first kappa shape index (κ1) is 17.6. The zero-order valence-electron chi connectivity index (χ0n) is 13.6. The average molecular weight is 337 g/mol. The molecule has 0 aliphatic heterocycles. The molecule has 0 radical (unpaired) electrons. The molecule has 1 aliphatic carbocycles. The van der Waals surface area contributed by atoms with Gasteiger partial charge in [0.25, 0.3) is 0 Å². The highest BCUT2D eigenvalue weighted by Gasteiger charge is 2.41. The van der Waals surface area contributed by atoms with Crippen LogP contribution in [0.4, 0.5) is 5.69 Å². The SMILES string of the molecule is COC(=O)c1cc(OC)c(OC)cc1NC(=O)[C@@H]1CC[C@@H]1C(=O)O. The van der Waals surface area contributed by atoms with E-state index in [-0.39, 0.29) is 11.3 Å². The van der Waals surface area contributed by atoms with Crippen molar-refractivity contribution in [3.63, 3.8) is 0 Å². The standard InChI is InChI=1S/C16H19NO7/c1-22-12-6-10(16(21)24-3)11(7-13(12)23-2)17-14(18)8-4-5-9(8)15(19)20/h6-9H,4-5H2,1-3H3,(H,17,18)(H,19,20)/t8-,9+/m1/s1. The number of amides is 1. The van der Waals surface area contributed by atoms with Crippen molar-refractivity contribution in [1.82, 2.24) is 0 Å². The van der Waals surface area contributed by atoms with Crippen LogP contribution in [0.5, 0.6) is 11.5 Å². The van der Waals surface area contributed by atoms with Crippen LogP contribution < -0.4 is 14.8 Å². The molecule has 0 spiro atoms. The van der Waals surface area contributed by atoms with Gasteiger partial charge in [0.05, 0.1) is 44.4 Å². The van der Waals surface area contributed by atoms with Gasteiger partial charge in [-0.2, -0.15) is 0 Å². The molecule has 0 saturated heterocycles. The molecule has 8 heteroatoms. The van der Waals surface area contributed by atoms with Crippen LogP contribution in [0.3, 0.4) is 0 Å². The fourth-order valence-electron chi connectivity index (χ4n) is 2.60. The summed E-state index contributed by atoms with van der Waals surface area (Å²) in [6.07, 6.45) is 0.951. The minimum Gasteiger partial charge on any atom is -0.493 e. The van der Waals surface area contributed by atoms with Gasteiger partial charge in [0, 0.05) is 12.1 Å². The van der Waals surface area contributed by atoms with E-state index in [2.05, 4.69) is 5.32 Å². The lowest BCUT2D eigenvalue weighted by Crippen LogP contribution is -2.41. The van der Waals surface area contributed by atoms with E-state index < -0.39 is 29.7 Å². The molecule has 1 saturated carbocycles. The molecule has 1 aromatic carbocycles. The third-order valence-corrected chi connectivity index (χ3v) is 4.12. The van der Waals surface area contributed by atoms with Gasteiger partial charge in [-0.05, 0) is 12.8 Å². The predicted molar refractivity (Wildman–Crippen MR) is 83.4 cm³/mol. The number of benzene rings is 1. The lowest BCUT2D eigenvalue weighted by atomic mass is 9.73. The number of carbonyl (C=O) groups excluding carboxylic acids is 2. The van der Waals surface area contributed by atoms with Crippen molar-refractivity contribution in [3.8, 4) is 11.5 Å². The largest absolute Gasteiger partial charge is 0.493 e. The molecule has 1 fully saturated rings. The quantitative estimate of drug-likeness (QED) is 0.757. The molecule has 130 valence electrons. The van der Waals surface area contributed by atoms with Crippen LogP contribution in [0.15, 0.2) is 12.1 Å². The van der Waals surface area contributed by atoms with Crippen LogP contribution in [-0.4, -0.2) is 44.3 Å². The van der Waals surface area contributed by atoms with Crippen LogP contribution in [-0.2, 0) is 14.3 Å². The van der Waals surface area contributed by atoms with Crippen LogP contribution in [0.2, 0.25) is 0 Å². The predicted octanol–water partition coefficient (Wildman–Crippen LogP) is 1.54. The van der Waals surface area contributed by atoms with Crippen LogP contribution in [0, 0.1) is 11.8 Å². The van der Waals surface area contributed by atoms with Crippen molar-refractivity contribution in [1.29, 1.82) is 0 Å². The van der Waals surface area contributed by atoms with Crippen molar-refractivity contribution in [2.45, 2.75) is 12.8 Å². The number of carbonyl (C=O) groups is 3. The molecule has 0 unspecified atom stereocenters. The van der Waals surface area contributed by atoms with Crippen molar-refractivity contribution in [3.05, 3.63) is 17.7 Å². The van der Waals surface area contributed by atoms with Gasteiger partial charge in [0.15, 0.2) is 11.5 Å². The number of ether oxygens (including phenoxy) is 3. The zero-order chi connectivity index (χ0) is 17.9. The number of carboxylic acids is 1. The van der Waals surface area contributed by atoms with Gasteiger partial charge in [0.1, 0.15) is 0 Å². The maximum absolute atomic E-state index is 12.3. The molecule has 8 nitrogen and oxygen atoms in total. The van der Waals surface area contributed by atoms with Crippen molar-refractivity contribution < 1.29 is 33.7 Å². The third-order valence-electron chi connectivity index (χ3n) is 4.12. The maximum atomic E-state index is 12.3. The first-order valence-electron chi connectivity index (χ1n) is 7.30. The summed E-state index contributed by atoms with van der Waals surface area (Å²) in [5, 5.41) is 11.7. The van der Waals surface area contributed by atoms with Crippen LogP contribution in [0.25, 0.3) is 0 Å². The van der Waals surface area contributed by atoms with E-state index in [1.54, 1.807) is 0 Å². The average Bonchev–Trinajstić information content (AvgIpc) is 2.51. The van der Waals surface area contributed by atoms with Crippen molar-refractivity contribution in [2.24, 2.45) is 11.8 Å². The van der Waals surface area contributed by atoms with E-state index in [4.69, 9.17) is 19.3 Å². The number of hydrogen-bond acceptors (Lipinski definition) is 6. The topological polar surface area (TPSA) is 111 Å². The second-order valence-electron chi connectivity index (χ2n) is 5.36. The van der Waals surface area contributed by atoms with E-state index in [0.29, 0.717) is 24.3 Å². The fraction of sp³-hybridized carbons (Fsp3) is 0.438. The van der Waals surface area contributed by atoms with Gasteiger partial charge in [-0.1, -0.05) is 0 Å². The molecule has 24 heavy (non-hydrogen) atoms. The molecule has 1 aromatic rings. The van der Waals surface area contributed by atoms with Crippen molar-refractivity contribution >= 4 is 23.5 Å². The Morgan fingerprint density at radius 1 is 1.04 bits per heavy atom. The van der Waals surface area contributed by atoms with Gasteiger partial charge in [0.2, 0.25) is 5.91 Å². The van der Waals surface area contributed by atoms with E-state index >= 15 is 0 Å². The second-order valence-corrected chi connectivity index (χ2v) is 5.36. The summed E-state index contributed by atoms with van der Waals surface area (Å²) in [6.45, 7) is 0. The van der Waals surface area contributed by atoms with E-state index in [1.165, 1.54) is 33.5 Å². The third kappa shape index (κ3) is 3.27. The number of carboxylic acid groups (broad SMARTS) is 1. The Balaban J connectivity index is 2.32. The molecule has 2 rings (SSSR count). The lowest BCUT2D eigenvalue weighted by Gasteiger charge is -2.32. The van der Waals surface area contributed by atoms with Crippen molar-refractivity contribution in [2.75, 3.05) is 26.6 Å². The minimum atomic E-state index is -0.998. The van der Waals surface area contributed by atoms with Gasteiger partial charge in [-0.15, -0.1) is 0 Å². The molecule has 2 atom stereocenters. The maximum Gasteiger partial charge on any atom is 0.340 e. The molecular weight excluding hydrogens is 318 g/mol. The number of anilines is 1. The molecule has 2 N–H and O–H groups in total. The summed E-state index contributed by atoms with van der Waals surface area (Å²) in [6, 6.07) is 2.84. The normalized spacial score (nSPS) is 19.0. The highest BCUT2D eigenvalue weighted by molar-refractivity contribution is 6.03. The number of esters is 1. The molecule has 1 aliphatic rings. The molecule has 0 heterocycles. The molecular formula is C16H19NO7. The number of methoxy groups -OCH3 is 3. The Kier molecular flexibility index (Phi) is 5.28. The number of aliphatic carboxylic acids is 1. The monoisotopic (exact) mass is 337 g/mol. The van der Waals surface area contributed by atoms with E-state index in [9.17, 15) is 14.4 Å². The number of hydrogen-bond donors (Lipinski definition) is 2. The molecule has 0 aromatic heterocycles. The first-order valence-corrected chi connectivity index (χ1v) is 7.30.